The van der Waals surface area contributed by atoms with Crippen molar-refractivity contribution in [3.63, 3.8) is 0 Å². The Hall–Kier alpha value is -1.35. The number of hydrogen-bond acceptors (Lipinski definition) is 3. The zero-order chi connectivity index (χ0) is 10.7. The van der Waals surface area contributed by atoms with E-state index in [1.54, 1.807) is 0 Å². The molecule has 3 nitrogen and oxygen atoms in total. The van der Waals surface area contributed by atoms with Crippen LogP contribution in [0.25, 0.3) is 0 Å². The number of alkyl halides is 1. The fourth-order valence-corrected chi connectivity index (χ4v) is 1.68. The molecule has 1 aromatic rings. The number of carbonyl (C=O) groups is 1. The van der Waals surface area contributed by atoms with E-state index in [0.717, 1.165) is 24.1 Å². The number of oxime groups is 1. The molecule has 0 aliphatic heterocycles. The molecule has 0 atom stereocenters. The van der Waals surface area contributed by atoms with Crippen LogP contribution in [0.4, 0.5) is 0 Å². The molecule has 0 bridgehead atoms. The van der Waals surface area contributed by atoms with Crippen LogP contribution in [0.2, 0.25) is 0 Å². The molecule has 2 rings (SSSR count). The summed E-state index contributed by atoms with van der Waals surface area (Å²) in [7, 11) is 0. The van der Waals surface area contributed by atoms with E-state index in [-0.39, 0.29) is 5.88 Å². The number of fused-ring (bicyclic) bond motifs is 1. The first-order chi connectivity index (χ1) is 7.31. The number of benzene rings is 1. The van der Waals surface area contributed by atoms with Gasteiger partial charge in [0.15, 0.2) is 0 Å². The van der Waals surface area contributed by atoms with E-state index < -0.39 is 5.97 Å². The molecular formula is C11H10ClNO2. The summed E-state index contributed by atoms with van der Waals surface area (Å²) in [5, 5.41) is 3.82. The van der Waals surface area contributed by atoms with Gasteiger partial charge in [0, 0.05) is 5.56 Å². The number of carbonyl (C=O) groups excluding carboxylic acids is 1. The van der Waals surface area contributed by atoms with Crippen LogP contribution in [0.5, 0.6) is 0 Å². The summed E-state index contributed by atoms with van der Waals surface area (Å²) in [5.74, 6) is -0.688. The van der Waals surface area contributed by atoms with Crippen molar-refractivity contribution in [3.05, 3.63) is 35.4 Å². The third-order valence-corrected chi connectivity index (χ3v) is 2.54. The first-order valence-electron chi connectivity index (χ1n) is 4.72. The third kappa shape index (κ3) is 2.18. The largest absolute Gasteiger partial charge is 0.349 e. The van der Waals surface area contributed by atoms with Gasteiger partial charge in [0.1, 0.15) is 5.88 Å². The van der Waals surface area contributed by atoms with Gasteiger partial charge in [-0.15, -0.1) is 11.6 Å². The van der Waals surface area contributed by atoms with Gasteiger partial charge in [0.05, 0.1) is 5.71 Å². The molecule has 0 aromatic heterocycles. The molecule has 0 amide bonds. The molecule has 78 valence electrons. The fourth-order valence-electron chi connectivity index (χ4n) is 1.63. The zero-order valence-corrected chi connectivity index (χ0v) is 8.83. The van der Waals surface area contributed by atoms with Crippen LogP contribution in [0, 0.1) is 0 Å². The topological polar surface area (TPSA) is 38.7 Å². The van der Waals surface area contributed by atoms with E-state index in [1.807, 2.05) is 18.2 Å². The lowest BCUT2D eigenvalue weighted by atomic mass is 10.1. The van der Waals surface area contributed by atoms with Crippen molar-refractivity contribution in [2.24, 2.45) is 5.16 Å². The van der Waals surface area contributed by atoms with Gasteiger partial charge < -0.3 is 4.84 Å². The Bertz CT molecular complexity index is 415. The molecule has 1 aliphatic rings. The summed E-state index contributed by atoms with van der Waals surface area (Å²) in [6, 6.07) is 7.98. The molecule has 1 aromatic carbocycles. The maximum Gasteiger partial charge on any atom is 0.349 e. The van der Waals surface area contributed by atoms with E-state index >= 15 is 0 Å². The van der Waals surface area contributed by atoms with Crippen molar-refractivity contribution < 1.29 is 9.63 Å². The maximum atomic E-state index is 10.8. The van der Waals surface area contributed by atoms with Crippen molar-refractivity contribution in [2.75, 3.05) is 5.88 Å². The van der Waals surface area contributed by atoms with Crippen LogP contribution in [0.15, 0.2) is 29.4 Å². The van der Waals surface area contributed by atoms with E-state index in [9.17, 15) is 4.79 Å². The Labute approximate surface area is 92.7 Å². The average Bonchev–Trinajstić information content (AvgIpc) is 2.69. The monoisotopic (exact) mass is 223 g/mol. The highest BCUT2D eigenvalue weighted by Crippen LogP contribution is 2.22. The average molecular weight is 224 g/mol. The molecule has 0 saturated heterocycles. The minimum Gasteiger partial charge on any atom is -0.317 e. The molecule has 0 spiro atoms. The molecule has 0 unspecified atom stereocenters. The predicted octanol–water partition coefficient (Wildman–Crippen LogP) is 2.12. The quantitative estimate of drug-likeness (QED) is 0.438. The second kappa shape index (κ2) is 4.45. The predicted molar refractivity (Wildman–Crippen MR) is 58.1 cm³/mol. The van der Waals surface area contributed by atoms with Crippen LogP contribution in [0.3, 0.4) is 0 Å². The van der Waals surface area contributed by atoms with E-state index in [4.69, 9.17) is 11.6 Å². The minimum absolute atomic E-state index is 0.168. The van der Waals surface area contributed by atoms with Crippen molar-refractivity contribution >= 4 is 23.3 Å². The summed E-state index contributed by atoms with van der Waals surface area (Å²) in [6.07, 6.45) is 1.77. The van der Waals surface area contributed by atoms with Gasteiger partial charge in [-0.25, -0.2) is 4.79 Å². The molecule has 15 heavy (non-hydrogen) atoms. The fraction of sp³-hybridized carbons (Fsp3) is 0.273. The standard InChI is InChI=1S/C11H10ClNO2/c12-7-11(14)15-13-10-6-5-8-3-1-2-4-9(8)10/h1-4H,5-7H2/b13-10+. The van der Waals surface area contributed by atoms with Crippen molar-refractivity contribution in [1.82, 2.24) is 0 Å². The normalized spacial score (nSPS) is 16.5. The van der Waals surface area contributed by atoms with Crippen molar-refractivity contribution in [3.8, 4) is 0 Å². The number of nitrogens with zero attached hydrogens (tertiary/aromatic N) is 1. The number of halogens is 1. The van der Waals surface area contributed by atoms with Crippen molar-refractivity contribution in [2.45, 2.75) is 12.8 Å². The maximum absolute atomic E-state index is 10.8. The Morgan fingerprint density at radius 3 is 3.00 bits per heavy atom. The van der Waals surface area contributed by atoms with Crippen LogP contribution in [-0.2, 0) is 16.1 Å². The lowest BCUT2D eigenvalue weighted by molar-refractivity contribution is -0.140. The Morgan fingerprint density at radius 2 is 2.20 bits per heavy atom. The van der Waals surface area contributed by atoms with Gasteiger partial charge in [0.2, 0.25) is 0 Å². The van der Waals surface area contributed by atoms with Gasteiger partial charge in [-0.2, -0.15) is 0 Å². The summed E-state index contributed by atoms with van der Waals surface area (Å²) in [4.78, 5) is 15.5. The highest BCUT2D eigenvalue weighted by Gasteiger charge is 2.17. The Morgan fingerprint density at radius 1 is 1.40 bits per heavy atom. The lowest BCUT2D eigenvalue weighted by Crippen LogP contribution is -2.04. The van der Waals surface area contributed by atoms with E-state index in [0.29, 0.717) is 0 Å². The van der Waals surface area contributed by atoms with Gasteiger partial charge in [-0.05, 0) is 18.4 Å². The highest BCUT2D eigenvalue weighted by atomic mass is 35.5. The lowest BCUT2D eigenvalue weighted by Gasteiger charge is -1.98. The van der Waals surface area contributed by atoms with Crippen molar-refractivity contribution in [1.29, 1.82) is 0 Å². The molecule has 0 heterocycles. The second-order valence-electron chi connectivity index (χ2n) is 3.29. The molecule has 0 fully saturated rings. The van der Waals surface area contributed by atoms with Crippen LogP contribution in [0.1, 0.15) is 17.5 Å². The van der Waals surface area contributed by atoms with E-state index in [2.05, 4.69) is 16.1 Å². The number of aryl methyl sites for hydroxylation is 1. The summed E-state index contributed by atoms with van der Waals surface area (Å²) < 4.78 is 0. The molecule has 0 N–H and O–H groups in total. The minimum atomic E-state index is -0.520. The van der Waals surface area contributed by atoms with Gasteiger partial charge >= 0.3 is 5.97 Å². The SMILES string of the molecule is O=C(CCl)O/N=C1\CCc2ccccc21. The molecule has 0 saturated carbocycles. The van der Waals surface area contributed by atoms with Gasteiger partial charge in [0.25, 0.3) is 0 Å². The summed E-state index contributed by atoms with van der Waals surface area (Å²) >= 11 is 5.29. The third-order valence-electron chi connectivity index (χ3n) is 2.33. The molecule has 4 heteroatoms. The first kappa shape index (κ1) is 10.2. The summed E-state index contributed by atoms with van der Waals surface area (Å²) in [5.41, 5.74) is 3.14. The molecule has 1 aliphatic carbocycles. The smallest absolute Gasteiger partial charge is 0.317 e. The highest BCUT2D eigenvalue weighted by molar-refractivity contribution is 6.26. The first-order valence-corrected chi connectivity index (χ1v) is 5.25. The van der Waals surface area contributed by atoms with Gasteiger partial charge in [-0.1, -0.05) is 29.4 Å². The Kier molecular flexibility index (Phi) is 3.02. The second-order valence-corrected chi connectivity index (χ2v) is 3.56. The zero-order valence-electron chi connectivity index (χ0n) is 8.07. The summed E-state index contributed by atoms with van der Waals surface area (Å²) in [6.45, 7) is 0. The molecule has 0 radical (unpaired) electrons. The number of hydrogen-bond donors (Lipinski definition) is 0. The van der Waals surface area contributed by atoms with Gasteiger partial charge in [-0.3, -0.25) is 0 Å². The molecular weight excluding hydrogens is 214 g/mol. The number of rotatable bonds is 2. The van der Waals surface area contributed by atoms with Crippen LogP contribution >= 0.6 is 11.6 Å². The Balaban J connectivity index is 2.17. The van der Waals surface area contributed by atoms with Crippen LogP contribution < -0.4 is 0 Å². The van der Waals surface area contributed by atoms with Crippen LogP contribution in [-0.4, -0.2) is 17.6 Å². The van der Waals surface area contributed by atoms with E-state index in [1.165, 1.54) is 5.56 Å².